The highest BCUT2D eigenvalue weighted by Gasteiger charge is 2.36. The van der Waals surface area contributed by atoms with Crippen LogP contribution in [-0.2, 0) is 9.47 Å². The zero-order valence-corrected chi connectivity index (χ0v) is 11.9. The molecule has 1 aromatic heterocycles. The zero-order valence-electron chi connectivity index (χ0n) is 11.1. The Bertz CT molecular complexity index is 491. The molecule has 0 aromatic carbocycles. The van der Waals surface area contributed by atoms with Crippen LogP contribution in [0.5, 0.6) is 0 Å². The van der Waals surface area contributed by atoms with E-state index in [4.69, 9.17) is 21.1 Å². The second-order valence-electron chi connectivity index (χ2n) is 5.05. The summed E-state index contributed by atoms with van der Waals surface area (Å²) < 4.78 is 11.2. The monoisotopic (exact) mass is 296 g/mol. The highest BCUT2D eigenvalue weighted by atomic mass is 35.5. The lowest BCUT2D eigenvalue weighted by atomic mass is 10.0. The van der Waals surface area contributed by atoms with Crippen molar-refractivity contribution >= 4 is 17.5 Å². The number of hydrogen-bond donors (Lipinski definition) is 0. The molecule has 2 fully saturated rings. The van der Waals surface area contributed by atoms with E-state index in [0.717, 1.165) is 19.4 Å². The van der Waals surface area contributed by atoms with Crippen molar-refractivity contribution in [3.05, 3.63) is 29.0 Å². The lowest BCUT2D eigenvalue weighted by Crippen LogP contribution is -2.54. The number of aromatic nitrogens is 1. The Kier molecular flexibility index (Phi) is 4.19. The summed E-state index contributed by atoms with van der Waals surface area (Å²) in [4.78, 5) is 18.4. The molecule has 108 valence electrons. The van der Waals surface area contributed by atoms with Gasteiger partial charge in [0.15, 0.2) is 0 Å². The first-order chi connectivity index (χ1) is 9.77. The van der Waals surface area contributed by atoms with Crippen molar-refractivity contribution in [1.82, 2.24) is 9.88 Å². The normalized spacial score (nSPS) is 26.8. The lowest BCUT2D eigenvalue weighted by Gasteiger charge is -2.38. The maximum Gasteiger partial charge on any atom is 0.255 e. The van der Waals surface area contributed by atoms with Crippen LogP contribution < -0.4 is 0 Å². The molecular formula is C14H17ClN2O3. The van der Waals surface area contributed by atoms with Crippen LogP contribution in [0.15, 0.2) is 18.5 Å². The smallest absolute Gasteiger partial charge is 0.255 e. The fourth-order valence-electron chi connectivity index (χ4n) is 2.79. The van der Waals surface area contributed by atoms with Crippen LogP contribution in [0.25, 0.3) is 0 Å². The average molecular weight is 297 g/mol. The number of ether oxygens (including phenoxy) is 2. The predicted octanol–water partition coefficient (Wildman–Crippen LogP) is 1.75. The van der Waals surface area contributed by atoms with Crippen LogP contribution in [0.1, 0.15) is 23.2 Å². The van der Waals surface area contributed by atoms with Gasteiger partial charge in [-0.3, -0.25) is 9.78 Å². The molecule has 20 heavy (non-hydrogen) atoms. The summed E-state index contributed by atoms with van der Waals surface area (Å²) in [5, 5.41) is 0.384. The van der Waals surface area contributed by atoms with Gasteiger partial charge in [-0.05, 0) is 18.9 Å². The molecule has 1 aromatic rings. The molecule has 2 atom stereocenters. The van der Waals surface area contributed by atoms with Crippen LogP contribution in [0.2, 0.25) is 5.02 Å². The third-order valence-electron chi connectivity index (χ3n) is 3.82. The summed E-state index contributed by atoms with van der Waals surface area (Å²) in [5.74, 6) is -0.0683. The molecule has 2 aliphatic rings. The van der Waals surface area contributed by atoms with Gasteiger partial charge in [0.1, 0.15) is 0 Å². The number of pyridine rings is 1. The number of nitrogens with zero attached hydrogens (tertiary/aromatic N) is 2. The number of morpholine rings is 1. The molecule has 0 unspecified atom stereocenters. The van der Waals surface area contributed by atoms with Crippen molar-refractivity contribution in [3.8, 4) is 0 Å². The molecule has 3 heterocycles. The van der Waals surface area contributed by atoms with Gasteiger partial charge >= 0.3 is 0 Å². The quantitative estimate of drug-likeness (QED) is 0.834. The summed E-state index contributed by atoms with van der Waals surface area (Å²) in [6.45, 7) is 2.41. The largest absolute Gasteiger partial charge is 0.377 e. The Hall–Kier alpha value is -1.17. The predicted molar refractivity (Wildman–Crippen MR) is 73.9 cm³/mol. The van der Waals surface area contributed by atoms with Gasteiger partial charge < -0.3 is 14.4 Å². The number of halogens is 1. The molecular weight excluding hydrogens is 280 g/mol. The van der Waals surface area contributed by atoms with Crippen molar-refractivity contribution in [2.45, 2.75) is 25.0 Å². The summed E-state index contributed by atoms with van der Waals surface area (Å²) >= 11 is 6.07. The minimum absolute atomic E-state index is 0.0250. The van der Waals surface area contributed by atoms with Crippen molar-refractivity contribution in [2.75, 3.05) is 26.4 Å². The second kappa shape index (κ2) is 6.08. The van der Waals surface area contributed by atoms with Gasteiger partial charge in [0.25, 0.3) is 5.91 Å². The number of carbonyl (C=O) groups excluding carboxylic acids is 1. The first-order valence-electron chi connectivity index (χ1n) is 6.87. The Labute approximate surface area is 122 Å². The molecule has 0 radical (unpaired) electrons. The van der Waals surface area contributed by atoms with Crippen LogP contribution in [0, 0.1) is 0 Å². The van der Waals surface area contributed by atoms with E-state index in [1.54, 1.807) is 12.3 Å². The summed E-state index contributed by atoms with van der Waals surface area (Å²) in [7, 11) is 0. The minimum Gasteiger partial charge on any atom is -0.377 e. The van der Waals surface area contributed by atoms with Gasteiger partial charge in [-0.15, -0.1) is 0 Å². The summed E-state index contributed by atoms with van der Waals surface area (Å²) in [6.07, 6.45) is 5.16. The van der Waals surface area contributed by atoms with E-state index < -0.39 is 0 Å². The standard InChI is InChI=1S/C14H17ClN2O3/c15-11-8-16-4-3-10(11)14(18)17-5-7-19-9-12(17)13-2-1-6-20-13/h3-4,8,12-13H,1-2,5-7,9H2/t12-,13-/m0/s1. The SMILES string of the molecule is O=C(c1ccncc1Cl)N1CCOC[C@H]1[C@@H]1CCCO1. The van der Waals surface area contributed by atoms with E-state index in [2.05, 4.69) is 4.98 Å². The highest BCUT2D eigenvalue weighted by molar-refractivity contribution is 6.33. The van der Waals surface area contributed by atoms with Crippen molar-refractivity contribution in [2.24, 2.45) is 0 Å². The van der Waals surface area contributed by atoms with Gasteiger partial charge in [-0.25, -0.2) is 0 Å². The molecule has 3 rings (SSSR count). The molecule has 0 bridgehead atoms. The molecule has 0 saturated carbocycles. The molecule has 0 spiro atoms. The van der Waals surface area contributed by atoms with Gasteiger partial charge in [-0.1, -0.05) is 11.6 Å². The third-order valence-corrected chi connectivity index (χ3v) is 4.12. The Morgan fingerprint density at radius 3 is 3.10 bits per heavy atom. The fourth-order valence-corrected chi connectivity index (χ4v) is 2.99. The Morgan fingerprint density at radius 2 is 2.35 bits per heavy atom. The Balaban J connectivity index is 1.82. The van der Waals surface area contributed by atoms with Gasteiger partial charge in [0.2, 0.25) is 0 Å². The van der Waals surface area contributed by atoms with Gasteiger partial charge in [0.05, 0.1) is 35.9 Å². The van der Waals surface area contributed by atoms with Gasteiger partial charge in [-0.2, -0.15) is 0 Å². The van der Waals surface area contributed by atoms with E-state index in [-0.39, 0.29) is 18.1 Å². The highest BCUT2D eigenvalue weighted by Crippen LogP contribution is 2.25. The number of rotatable bonds is 2. The van der Waals surface area contributed by atoms with E-state index in [0.29, 0.717) is 30.3 Å². The third kappa shape index (κ3) is 2.66. The lowest BCUT2D eigenvalue weighted by molar-refractivity contribution is -0.0530. The minimum atomic E-state index is -0.0683. The van der Waals surface area contributed by atoms with Crippen molar-refractivity contribution < 1.29 is 14.3 Å². The van der Waals surface area contributed by atoms with E-state index in [1.807, 2.05) is 4.90 Å². The van der Waals surface area contributed by atoms with Crippen molar-refractivity contribution in [1.29, 1.82) is 0 Å². The fraction of sp³-hybridized carbons (Fsp3) is 0.571. The number of amides is 1. The maximum atomic E-state index is 12.7. The van der Waals surface area contributed by atoms with Crippen LogP contribution in [-0.4, -0.2) is 54.3 Å². The molecule has 5 nitrogen and oxygen atoms in total. The van der Waals surface area contributed by atoms with E-state index >= 15 is 0 Å². The number of hydrogen-bond acceptors (Lipinski definition) is 4. The summed E-state index contributed by atoms with van der Waals surface area (Å²) in [5.41, 5.74) is 0.492. The second-order valence-corrected chi connectivity index (χ2v) is 5.46. The molecule has 6 heteroatoms. The Morgan fingerprint density at radius 1 is 1.45 bits per heavy atom. The summed E-state index contributed by atoms with van der Waals surface area (Å²) in [6, 6.07) is 1.63. The average Bonchev–Trinajstić information content (AvgIpc) is 3.01. The molecule has 2 saturated heterocycles. The molecule has 1 amide bonds. The molecule has 0 aliphatic carbocycles. The molecule has 2 aliphatic heterocycles. The first kappa shape index (κ1) is 13.8. The van der Waals surface area contributed by atoms with Crippen LogP contribution in [0.4, 0.5) is 0 Å². The zero-order chi connectivity index (χ0) is 13.9. The number of carbonyl (C=O) groups is 1. The maximum absolute atomic E-state index is 12.7. The molecule has 0 N–H and O–H groups in total. The topological polar surface area (TPSA) is 51.7 Å². The van der Waals surface area contributed by atoms with E-state index in [1.165, 1.54) is 6.20 Å². The first-order valence-corrected chi connectivity index (χ1v) is 7.25. The van der Waals surface area contributed by atoms with Gasteiger partial charge in [0, 0.05) is 25.5 Å². The van der Waals surface area contributed by atoms with Crippen LogP contribution in [0.3, 0.4) is 0 Å². The van der Waals surface area contributed by atoms with Crippen LogP contribution >= 0.6 is 11.6 Å². The van der Waals surface area contributed by atoms with E-state index in [9.17, 15) is 4.79 Å². The van der Waals surface area contributed by atoms with Crippen molar-refractivity contribution in [3.63, 3.8) is 0 Å².